The van der Waals surface area contributed by atoms with Crippen LogP contribution in [0, 0.1) is 6.92 Å². The van der Waals surface area contributed by atoms with Crippen molar-refractivity contribution in [2.75, 3.05) is 0 Å². The molecule has 1 heterocycles. The van der Waals surface area contributed by atoms with Crippen molar-refractivity contribution in [1.82, 2.24) is 9.78 Å². The number of aryl methyl sites for hydroxylation is 2. The Labute approximate surface area is 94.6 Å². The van der Waals surface area contributed by atoms with Gasteiger partial charge in [0.15, 0.2) is 0 Å². The summed E-state index contributed by atoms with van der Waals surface area (Å²) < 4.78 is 2.33. The van der Waals surface area contributed by atoms with Crippen LogP contribution >= 0.6 is 15.9 Å². The first-order valence-electron chi connectivity index (χ1n) is 4.37. The normalized spacial score (nSPS) is 10.9. The topological polar surface area (TPSA) is 55.1 Å². The number of rotatable bonds is 1. The molecule has 5 heteroatoms. The van der Waals surface area contributed by atoms with Crippen LogP contribution in [-0.4, -0.2) is 20.9 Å². The number of aromatic nitrogens is 2. The Bertz CT molecular complexity index is 560. The Balaban J connectivity index is 2.88. The SMILES string of the molecule is Cc1c2c(Br)c(C(=O)O)ccc2nn1C. The molecule has 0 aliphatic rings. The highest BCUT2D eigenvalue weighted by molar-refractivity contribution is 9.10. The minimum absolute atomic E-state index is 0.263. The highest BCUT2D eigenvalue weighted by atomic mass is 79.9. The first-order chi connectivity index (χ1) is 7.02. The minimum atomic E-state index is -0.938. The molecule has 0 amide bonds. The van der Waals surface area contributed by atoms with E-state index in [0.29, 0.717) is 4.47 Å². The Kier molecular flexibility index (Phi) is 2.26. The summed E-state index contributed by atoms with van der Waals surface area (Å²) in [6.45, 7) is 1.91. The van der Waals surface area contributed by atoms with Gasteiger partial charge in [-0.1, -0.05) is 0 Å². The molecule has 1 N–H and O–H groups in total. The first kappa shape index (κ1) is 10.2. The van der Waals surface area contributed by atoms with E-state index < -0.39 is 5.97 Å². The lowest BCUT2D eigenvalue weighted by atomic mass is 10.1. The number of hydrogen-bond donors (Lipinski definition) is 1. The van der Waals surface area contributed by atoms with Crippen LogP contribution in [0.15, 0.2) is 16.6 Å². The van der Waals surface area contributed by atoms with Gasteiger partial charge in [-0.15, -0.1) is 0 Å². The summed E-state index contributed by atoms with van der Waals surface area (Å²) in [5, 5.41) is 14.1. The summed E-state index contributed by atoms with van der Waals surface area (Å²) in [6.07, 6.45) is 0. The van der Waals surface area contributed by atoms with E-state index >= 15 is 0 Å². The van der Waals surface area contributed by atoms with E-state index in [1.807, 2.05) is 14.0 Å². The maximum atomic E-state index is 10.9. The fourth-order valence-electron chi connectivity index (χ4n) is 1.56. The maximum absolute atomic E-state index is 10.9. The zero-order valence-corrected chi connectivity index (χ0v) is 9.87. The molecule has 0 radical (unpaired) electrons. The molecule has 0 spiro atoms. The summed E-state index contributed by atoms with van der Waals surface area (Å²) in [7, 11) is 1.84. The van der Waals surface area contributed by atoms with E-state index in [4.69, 9.17) is 5.11 Å². The molecule has 0 aliphatic heterocycles. The van der Waals surface area contributed by atoms with Crippen molar-refractivity contribution < 1.29 is 9.90 Å². The van der Waals surface area contributed by atoms with Gasteiger partial charge < -0.3 is 5.11 Å². The molecule has 1 aromatic carbocycles. The van der Waals surface area contributed by atoms with Crippen LogP contribution in [0.2, 0.25) is 0 Å². The fraction of sp³-hybridized carbons (Fsp3) is 0.200. The van der Waals surface area contributed by atoms with Crippen LogP contribution in [0.3, 0.4) is 0 Å². The van der Waals surface area contributed by atoms with Gasteiger partial charge in [0.25, 0.3) is 0 Å². The lowest BCUT2D eigenvalue weighted by Gasteiger charge is -2.00. The number of carbonyl (C=O) groups is 1. The van der Waals surface area contributed by atoms with E-state index in [1.165, 1.54) is 0 Å². The van der Waals surface area contributed by atoms with Crippen molar-refractivity contribution in [3.8, 4) is 0 Å². The zero-order valence-electron chi connectivity index (χ0n) is 8.28. The van der Waals surface area contributed by atoms with Crippen molar-refractivity contribution >= 4 is 32.8 Å². The summed E-state index contributed by atoms with van der Waals surface area (Å²) in [6, 6.07) is 3.28. The van der Waals surface area contributed by atoms with Gasteiger partial charge in [-0.05, 0) is 35.0 Å². The third-order valence-corrected chi connectivity index (χ3v) is 3.28. The molecule has 0 saturated heterocycles. The molecule has 4 nitrogen and oxygen atoms in total. The third-order valence-electron chi connectivity index (χ3n) is 2.46. The average molecular weight is 269 g/mol. The van der Waals surface area contributed by atoms with Crippen LogP contribution in [-0.2, 0) is 7.05 Å². The summed E-state index contributed by atoms with van der Waals surface area (Å²) >= 11 is 3.31. The highest BCUT2D eigenvalue weighted by Crippen LogP contribution is 2.29. The second-order valence-electron chi connectivity index (χ2n) is 3.34. The quantitative estimate of drug-likeness (QED) is 0.864. The van der Waals surface area contributed by atoms with E-state index in [0.717, 1.165) is 16.6 Å². The number of aromatic carboxylic acids is 1. The van der Waals surface area contributed by atoms with Crippen LogP contribution in [0.5, 0.6) is 0 Å². The van der Waals surface area contributed by atoms with Crippen molar-refractivity contribution in [2.24, 2.45) is 7.05 Å². The molecule has 0 saturated carbocycles. The number of nitrogens with zero attached hydrogens (tertiary/aromatic N) is 2. The van der Waals surface area contributed by atoms with Crippen molar-refractivity contribution in [3.05, 3.63) is 27.9 Å². The van der Waals surface area contributed by atoms with Gasteiger partial charge in [-0.3, -0.25) is 4.68 Å². The maximum Gasteiger partial charge on any atom is 0.336 e. The molecule has 2 rings (SSSR count). The van der Waals surface area contributed by atoms with Gasteiger partial charge in [-0.25, -0.2) is 4.79 Å². The first-order valence-corrected chi connectivity index (χ1v) is 5.16. The molecular weight excluding hydrogens is 260 g/mol. The van der Waals surface area contributed by atoms with Crippen LogP contribution in [0.1, 0.15) is 16.1 Å². The number of carboxylic acid groups (broad SMARTS) is 1. The molecule has 0 bridgehead atoms. The number of fused-ring (bicyclic) bond motifs is 1. The summed E-state index contributed by atoms with van der Waals surface area (Å²) in [5.41, 5.74) is 2.01. The number of halogens is 1. The largest absolute Gasteiger partial charge is 0.478 e. The Morgan fingerprint density at radius 1 is 1.53 bits per heavy atom. The van der Waals surface area contributed by atoms with Crippen molar-refractivity contribution in [3.63, 3.8) is 0 Å². The summed E-state index contributed by atoms with van der Waals surface area (Å²) in [4.78, 5) is 10.9. The number of hydrogen-bond acceptors (Lipinski definition) is 2. The number of benzene rings is 1. The zero-order chi connectivity index (χ0) is 11.2. The minimum Gasteiger partial charge on any atom is -0.478 e. The average Bonchev–Trinajstić information content (AvgIpc) is 2.43. The van der Waals surface area contributed by atoms with Crippen LogP contribution < -0.4 is 0 Å². The second-order valence-corrected chi connectivity index (χ2v) is 4.13. The molecule has 78 valence electrons. The molecule has 1 aromatic heterocycles. The fourth-order valence-corrected chi connectivity index (χ4v) is 2.35. The molecule has 2 aromatic rings. The standard InChI is InChI=1S/C10H9BrN2O2/c1-5-8-7(12-13(5)2)4-3-6(9(8)11)10(14)15/h3-4H,1-2H3,(H,14,15). The Hall–Kier alpha value is -1.36. The predicted octanol–water partition coefficient (Wildman–Crippen LogP) is 2.34. The van der Waals surface area contributed by atoms with Gasteiger partial charge in [0.1, 0.15) is 0 Å². The van der Waals surface area contributed by atoms with E-state index in [1.54, 1.807) is 16.8 Å². The van der Waals surface area contributed by atoms with Crippen LogP contribution in [0.4, 0.5) is 0 Å². The molecule has 0 unspecified atom stereocenters. The van der Waals surface area contributed by atoms with Gasteiger partial charge in [0.2, 0.25) is 0 Å². The lowest BCUT2D eigenvalue weighted by Crippen LogP contribution is -1.97. The van der Waals surface area contributed by atoms with Crippen molar-refractivity contribution in [2.45, 2.75) is 6.92 Å². The highest BCUT2D eigenvalue weighted by Gasteiger charge is 2.15. The van der Waals surface area contributed by atoms with E-state index in [9.17, 15) is 4.79 Å². The van der Waals surface area contributed by atoms with Gasteiger partial charge >= 0.3 is 5.97 Å². The molecule has 0 fully saturated rings. The monoisotopic (exact) mass is 268 g/mol. The van der Waals surface area contributed by atoms with Gasteiger partial charge in [0.05, 0.1) is 11.1 Å². The molecule has 15 heavy (non-hydrogen) atoms. The van der Waals surface area contributed by atoms with E-state index in [2.05, 4.69) is 21.0 Å². The smallest absolute Gasteiger partial charge is 0.336 e. The molecular formula is C10H9BrN2O2. The second kappa shape index (κ2) is 3.34. The van der Waals surface area contributed by atoms with Crippen molar-refractivity contribution in [1.29, 1.82) is 0 Å². The summed E-state index contributed by atoms with van der Waals surface area (Å²) in [5.74, 6) is -0.938. The van der Waals surface area contributed by atoms with Gasteiger partial charge in [-0.2, -0.15) is 5.10 Å². The van der Waals surface area contributed by atoms with E-state index in [-0.39, 0.29) is 5.56 Å². The van der Waals surface area contributed by atoms with Crippen LogP contribution in [0.25, 0.3) is 10.9 Å². The number of carboxylic acids is 1. The third kappa shape index (κ3) is 1.43. The Morgan fingerprint density at radius 3 is 2.80 bits per heavy atom. The molecule has 0 atom stereocenters. The van der Waals surface area contributed by atoms with Gasteiger partial charge in [0, 0.05) is 22.6 Å². The predicted molar refractivity (Wildman–Crippen MR) is 60.1 cm³/mol. The molecule has 0 aliphatic carbocycles. The Morgan fingerprint density at radius 2 is 2.20 bits per heavy atom. The lowest BCUT2D eigenvalue weighted by molar-refractivity contribution is 0.0696.